The monoisotopic (exact) mass is 548 g/mol. The lowest BCUT2D eigenvalue weighted by atomic mass is 10.2. The number of nitrogens with zero attached hydrogens (tertiary/aromatic N) is 2. The Balaban J connectivity index is 1.81. The molecule has 34 heavy (non-hydrogen) atoms. The van der Waals surface area contributed by atoms with Crippen LogP contribution < -0.4 is 9.47 Å². The zero-order valence-corrected chi connectivity index (χ0v) is 21.8. The molecule has 0 N–H and O–H groups in total. The fraction of sp³-hybridized carbons (Fsp3) is 0.417. The number of hydrogen-bond donors (Lipinski definition) is 0. The van der Waals surface area contributed by atoms with E-state index in [-0.39, 0.29) is 11.8 Å². The molecule has 0 aliphatic rings. The maximum absolute atomic E-state index is 12.5. The van der Waals surface area contributed by atoms with Crippen LogP contribution in [0.5, 0.6) is 11.5 Å². The summed E-state index contributed by atoms with van der Waals surface area (Å²) >= 11 is 23.1. The van der Waals surface area contributed by atoms with E-state index in [0.29, 0.717) is 85.5 Å². The number of carbonyl (C=O) groups excluding carboxylic acids is 2. The molecule has 0 fully saturated rings. The van der Waals surface area contributed by atoms with Crippen molar-refractivity contribution in [1.82, 2.24) is 9.80 Å². The van der Waals surface area contributed by atoms with Crippen LogP contribution in [0.3, 0.4) is 0 Å². The van der Waals surface area contributed by atoms with Crippen molar-refractivity contribution in [2.75, 3.05) is 62.9 Å². The minimum Gasteiger partial charge on any atom is -0.490 e. The fourth-order valence-electron chi connectivity index (χ4n) is 3.11. The summed E-state index contributed by atoms with van der Waals surface area (Å²) < 4.78 is 11.4. The van der Waals surface area contributed by atoms with Crippen molar-refractivity contribution in [2.24, 2.45) is 0 Å². The first-order valence-electron chi connectivity index (χ1n) is 10.8. The molecule has 0 atom stereocenters. The van der Waals surface area contributed by atoms with Gasteiger partial charge in [0.25, 0.3) is 11.8 Å². The number of carbonyl (C=O) groups is 2. The molecule has 0 heterocycles. The first-order valence-corrected chi connectivity index (χ1v) is 13.0. The molecule has 0 saturated heterocycles. The van der Waals surface area contributed by atoms with Crippen LogP contribution in [0.15, 0.2) is 48.5 Å². The van der Waals surface area contributed by atoms with E-state index in [1.54, 1.807) is 58.3 Å². The number of alkyl halides is 4. The number of halogens is 4. The second-order valence-electron chi connectivity index (χ2n) is 7.09. The number of amides is 2. The highest BCUT2D eigenvalue weighted by Gasteiger charge is 2.16. The standard InChI is InChI=1S/C24H28Cl4N2O4/c25-9-13-29(14-10-26)23(31)19-1-5-21(6-2-19)33-17-18-34-22-7-3-20(4-8-22)24(32)30(15-11-27)16-12-28/h1-8H,9-18H2. The van der Waals surface area contributed by atoms with E-state index >= 15 is 0 Å². The van der Waals surface area contributed by atoms with Crippen LogP contribution in [0, 0.1) is 0 Å². The van der Waals surface area contributed by atoms with Crippen LogP contribution in [0.2, 0.25) is 0 Å². The van der Waals surface area contributed by atoms with E-state index in [4.69, 9.17) is 55.9 Å². The van der Waals surface area contributed by atoms with Crippen molar-refractivity contribution in [3.8, 4) is 11.5 Å². The van der Waals surface area contributed by atoms with Gasteiger partial charge in [0.1, 0.15) is 24.7 Å². The normalized spacial score (nSPS) is 10.6. The maximum atomic E-state index is 12.5. The van der Waals surface area contributed by atoms with Crippen molar-refractivity contribution < 1.29 is 19.1 Å². The summed E-state index contributed by atoms with van der Waals surface area (Å²) in [5, 5.41) is 0. The largest absolute Gasteiger partial charge is 0.490 e. The molecule has 0 saturated carbocycles. The van der Waals surface area contributed by atoms with Crippen molar-refractivity contribution in [2.45, 2.75) is 0 Å². The Morgan fingerprint density at radius 2 is 0.853 bits per heavy atom. The Kier molecular flexibility index (Phi) is 13.3. The van der Waals surface area contributed by atoms with Gasteiger partial charge >= 0.3 is 0 Å². The van der Waals surface area contributed by atoms with Gasteiger partial charge in [-0.2, -0.15) is 0 Å². The lowest BCUT2D eigenvalue weighted by Gasteiger charge is -2.20. The highest BCUT2D eigenvalue weighted by molar-refractivity contribution is 6.19. The molecule has 0 aliphatic heterocycles. The van der Waals surface area contributed by atoms with E-state index in [2.05, 4.69) is 0 Å². The van der Waals surface area contributed by atoms with E-state index < -0.39 is 0 Å². The predicted molar refractivity (Wildman–Crippen MR) is 139 cm³/mol. The van der Waals surface area contributed by atoms with E-state index in [1.165, 1.54) is 0 Å². The molecule has 0 aliphatic carbocycles. The molecule has 186 valence electrons. The molecular weight excluding hydrogens is 522 g/mol. The van der Waals surface area contributed by atoms with Crippen molar-refractivity contribution in [3.05, 3.63) is 59.7 Å². The second-order valence-corrected chi connectivity index (χ2v) is 8.60. The summed E-state index contributed by atoms with van der Waals surface area (Å²) in [6.07, 6.45) is 0. The SMILES string of the molecule is O=C(c1ccc(OCCOc2ccc(C(=O)N(CCCl)CCCl)cc2)cc1)N(CCCl)CCCl. The third kappa shape index (κ3) is 9.06. The molecule has 0 aromatic heterocycles. The Morgan fingerprint density at radius 1 is 0.559 bits per heavy atom. The minimum absolute atomic E-state index is 0.119. The molecule has 0 bridgehead atoms. The molecule has 2 amide bonds. The molecule has 2 aromatic rings. The quantitative estimate of drug-likeness (QED) is 0.232. The zero-order chi connectivity index (χ0) is 24.8. The smallest absolute Gasteiger partial charge is 0.253 e. The van der Waals surface area contributed by atoms with E-state index in [0.717, 1.165) is 0 Å². The summed E-state index contributed by atoms with van der Waals surface area (Å²) in [7, 11) is 0. The molecule has 6 nitrogen and oxygen atoms in total. The Labute approximate surface area is 220 Å². The van der Waals surface area contributed by atoms with Crippen LogP contribution in [0.4, 0.5) is 0 Å². The van der Waals surface area contributed by atoms with Crippen molar-refractivity contribution in [1.29, 1.82) is 0 Å². The summed E-state index contributed by atoms with van der Waals surface area (Å²) in [6.45, 7) is 2.40. The number of ether oxygens (including phenoxy) is 2. The lowest BCUT2D eigenvalue weighted by Crippen LogP contribution is -2.34. The van der Waals surface area contributed by atoms with E-state index in [9.17, 15) is 9.59 Å². The second kappa shape index (κ2) is 15.9. The van der Waals surface area contributed by atoms with Crippen molar-refractivity contribution >= 4 is 58.2 Å². The van der Waals surface area contributed by atoms with Gasteiger partial charge < -0.3 is 19.3 Å². The van der Waals surface area contributed by atoms with E-state index in [1.807, 2.05) is 0 Å². The summed E-state index contributed by atoms with van der Waals surface area (Å²) in [4.78, 5) is 28.3. The van der Waals surface area contributed by atoms with Gasteiger partial charge in [-0.15, -0.1) is 46.4 Å². The average molecular weight is 550 g/mol. The molecule has 10 heteroatoms. The maximum Gasteiger partial charge on any atom is 0.253 e. The third-order valence-corrected chi connectivity index (χ3v) is 5.49. The molecular formula is C24H28Cl4N2O4. The lowest BCUT2D eigenvalue weighted by molar-refractivity contribution is 0.0767. The van der Waals surface area contributed by atoms with Crippen LogP contribution in [0.1, 0.15) is 20.7 Å². The first kappa shape index (κ1) is 28.4. The van der Waals surface area contributed by atoms with Gasteiger partial charge in [0.05, 0.1) is 0 Å². The van der Waals surface area contributed by atoms with Crippen LogP contribution in [-0.4, -0.2) is 84.5 Å². The topological polar surface area (TPSA) is 59.1 Å². The van der Waals surface area contributed by atoms with Gasteiger partial charge in [0, 0.05) is 60.8 Å². The molecule has 0 unspecified atom stereocenters. The van der Waals surface area contributed by atoms with Gasteiger partial charge in [-0.05, 0) is 48.5 Å². The summed E-state index contributed by atoms with van der Waals surface area (Å²) in [5.41, 5.74) is 1.09. The van der Waals surface area contributed by atoms with Crippen LogP contribution in [0.25, 0.3) is 0 Å². The van der Waals surface area contributed by atoms with Gasteiger partial charge in [-0.25, -0.2) is 0 Å². The summed E-state index contributed by atoms with van der Waals surface area (Å²) in [6, 6.07) is 13.8. The number of benzene rings is 2. The van der Waals surface area contributed by atoms with Crippen LogP contribution >= 0.6 is 46.4 Å². The Bertz CT molecular complexity index is 796. The molecule has 2 aromatic carbocycles. The van der Waals surface area contributed by atoms with Gasteiger partial charge in [-0.1, -0.05) is 0 Å². The minimum atomic E-state index is -0.119. The van der Waals surface area contributed by atoms with Gasteiger partial charge in [0.2, 0.25) is 0 Å². The molecule has 0 spiro atoms. The Morgan fingerprint density at radius 3 is 1.12 bits per heavy atom. The van der Waals surface area contributed by atoms with Gasteiger partial charge in [-0.3, -0.25) is 9.59 Å². The highest BCUT2D eigenvalue weighted by atomic mass is 35.5. The van der Waals surface area contributed by atoms with Crippen molar-refractivity contribution in [3.63, 3.8) is 0 Å². The summed E-state index contributed by atoms with van der Waals surface area (Å²) in [5.74, 6) is 2.42. The average Bonchev–Trinajstić information content (AvgIpc) is 2.86. The highest BCUT2D eigenvalue weighted by Crippen LogP contribution is 2.16. The predicted octanol–water partition coefficient (Wildman–Crippen LogP) is 4.98. The third-order valence-electron chi connectivity index (χ3n) is 4.82. The van der Waals surface area contributed by atoms with Crippen LogP contribution in [-0.2, 0) is 0 Å². The Hall–Kier alpha value is -1.86. The number of hydrogen-bond acceptors (Lipinski definition) is 4. The molecule has 2 rings (SSSR count). The fourth-order valence-corrected chi connectivity index (χ4v) is 3.93. The number of rotatable bonds is 15. The molecule has 0 radical (unpaired) electrons. The zero-order valence-electron chi connectivity index (χ0n) is 18.7. The van der Waals surface area contributed by atoms with Gasteiger partial charge in [0.15, 0.2) is 0 Å². The first-order chi connectivity index (χ1) is 16.5.